The summed E-state index contributed by atoms with van der Waals surface area (Å²) in [7, 11) is 0. The van der Waals surface area contributed by atoms with E-state index in [9.17, 15) is 4.79 Å². The number of carbonyl (C=O) groups is 1. The summed E-state index contributed by atoms with van der Waals surface area (Å²) >= 11 is 7.53. The van der Waals surface area contributed by atoms with Crippen LogP contribution < -0.4 is 5.32 Å². The van der Waals surface area contributed by atoms with Gasteiger partial charge in [0.05, 0.1) is 5.56 Å². The zero-order valence-electron chi connectivity index (χ0n) is 13.7. The van der Waals surface area contributed by atoms with E-state index in [1.807, 2.05) is 37.3 Å². The van der Waals surface area contributed by atoms with Crippen LogP contribution in [0.3, 0.4) is 0 Å². The second-order valence-electron chi connectivity index (χ2n) is 5.67. The van der Waals surface area contributed by atoms with Gasteiger partial charge in [-0.1, -0.05) is 35.1 Å². The number of rotatable bonds is 3. The Bertz CT molecular complexity index is 1090. The SMILES string of the molecule is Cc1ccc(-c2nc3cccnc3s2)cc1NC(=O)c1cccnc1Cl. The van der Waals surface area contributed by atoms with Gasteiger partial charge in [0, 0.05) is 23.6 Å². The Morgan fingerprint density at radius 2 is 1.92 bits per heavy atom. The van der Waals surface area contributed by atoms with E-state index in [0.29, 0.717) is 11.3 Å². The van der Waals surface area contributed by atoms with Gasteiger partial charge in [0.25, 0.3) is 5.91 Å². The number of pyridine rings is 2. The van der Waals surface area contributed by atoms with E-state index in [4.69, 9.17) is 11.6 Å². The third-order valence-electron chi connectivity index (χ3n) is 3.90. The van der Waals surface area contributed by atoms with Crippen LogP contribution in [-0.4, -0.2) is 20.9 Å². The molecular formula is C19H13ClN4OS. The highest BCUT2D eigenvalue weighted by molar-refractivity contribution is 7.21. The zero-order chi connectivity index (χ0) is 18.1. The number of nitrogens with zero attached hydrogens (tertiary/aromatic N) is 3. The molecule has 0 bridgehead atoms. The van der Waals surface area contributed by atoms with E-state index in [-0.39, 0.29) is 11.1 Å². The van der Waals surface area contributed by atoms with Crippen LogP contribution in [0.5, 0.6) is 0 Å². The second-order valence-corrected chi connectivity index (χ2v) is 7.01. The van der Waals surface area contributed by atoms with Gasteiger partial charge in [0.15, 0.2) is 0 Å². The molecule has 5 nitrogen and oxygen atoms in total. The Hall–Kier alpha value is -2.83. The molecule has 0 aliphatic carbocycles. The zero-order valence-corrected chi connectivity index (χ0v) is 15.3. The molecule has 1 aromatic carbocycles. The molecule has 3 aromatic heterocycles. The van der Waals surface area contributed by atoms with Gasteiger partial charge in [-0.15, -0.1) is 0 Å². The first-order chi connectivity index (χ1) is 12.6. The van der Waals surface area contributed by atoms with Crippen LogP contribution in [-0.2, 0) is 0 Å². The first-order valence-corrected chi connectivity index (χ1v) is 9.06. The summed E-state index contributed by atoms with van der Waals surface area (Å²) in [5, 5.41) is 3.94. The molecule has 0 atom stereocenters. The lowest BCUT2D eigenvalue weighted by Gasteiger charge is -2.10. The summed E-state index contributed by atoms with van der Waals surface area (Å²) in [6.45, 7) is 1.93. The molecule has 0 spiro atoms. The molecule has 0 unspecified atom stereocenters. The molecule has 4 aromatic rings. The van der Waals surface area contributed by atoms with Crippen molar-refractivity contribution in [3.63, 3.8) is 0 Å². The largest absolute Gasteiger partial charge is 0.322 e. The van der Waals surface area contributed by atoms with Gasteiger partial charge >= 0.3 is 0 Å². The normalized spacial score (nSPS) is 10.8. The van der Waals surface area contributed by atoms with Gasteiger partial charge in [-0.05, 0) is 42.8 Å². The van der Waals surface area contributed by atoms with Crippen LogP contribution in [0.1, 0.15) is 15.9 Å². The van der Waals surface area contributed by atoms with Crippen molar-refractivity contribution in [1.29, 1.82) is 0 Å². The highest BCUT2D eigenvalue weighted by Crippen LogP contribution is 2.31. The van der Waals surface area contributed by atoms with Crippen molar-refractivity contribution < 1.29 is 4.79 Å². The predicted octanol–water partition coefficient (Wildman–Crippen LogP) is 4.97. The molecule has 0 aliphatic heterocycles. The lowest BCUT2D eigenvalue weighted by molar-refractivity contribution is 0.102. The summed E-state index contributed by atoms with van der Waals surface area (Å²) in [5.41, 5.74) is 3.77. The molecule has 128 valence electrons. The second kappa shape index (κ2) is 6.82. The van der Waals surface area contributed by atoms with Crippen molar-refractivity contribution >= 4 is 44.9 Å². The average Bonchev–Trinajstić information content (AvgIpc) is 3.08. The smallest absolute Gasteiger partial charge is 0.258 e. The van der Waals surface area contributed by atoms with Crippen molar-refractivity contribution in [3.05, 3.63) is 71.1 Å². The van der Waals surface area contributed by atoms with Crippen LogP contribution in [0, 0.1) is 6.92 Å². The van der Waals surface area contributed by atoms with E-state index in [1.54, 1.807) is 24.5 Å². The minimum absolute atomic E-state index is 0.177. The molecule has 26 heavy (non-hydrogen) atoms. The molecule has 0 radical (unpaired) electrons. The van der Waals surface area contributed by atoms with Crippen molar-refractivity contribution in [2.45, 2.75) is 6.92 Å². The van der Waals surface area contributed by atoms with Gasteiger partial charge < -0.3 is 5.32 Å². The molecule has 0 fully saturated rings. The fourth-order valence-electron chi connectivity index (χ4n) is 2.53. The quantitative estimate of drug-likeness (QED) is 0.509. The molecule has 0 aliphatic rings. The van der Waals surface area contributed by atoms with Crippen molar-refractivity contribution in [1.82, 2.24) is 15.0 Å². The van der Waals surface area contributed by atoms with Gasteiger partial charge in [-0.25, -0.2) is 15.0 Å². The average molecular weight is 381 g/mol. The molecule has 0 saturated carbocycles. The number of anilines is 1. The number of hydrogen-bond donors (Lipinski definition) is 1. The van der Waals surface area contributed by atoms with Gasteiger partial charge in [0.1, 0.15) is 20.5 Å². The minimum Gasteiger partial charge on any atom is -0.322 e. The number of thiazole rings is 1. The number of aromatic nitrogens is 3. The number of fused-ring (bicyclic) bond motifs is 1. The number of benzene rings is 1. The number of amides is 1. The summed E-state index contributed by atoms with van der Waals surface area (Å²) in [4.78, 5) is 26.3. The highest BCUT2D eigenvalue weighted by Gasteiger charge is 2.14. The fraction of sp³-hybridized carbons (Fsp3) is 0.0526. The lowest BCUT2D eigenvalue weighted by atomic mass is 10.1. The molecule has 3 heterocycles. The molecular weight excluding hydrogens is 368 g/mol. The maximum atomic E-state index is 12.5. The monoisotopic (exact) mass is 380 g/mol. The van der Waals surface area contributed by atoms with Crippen LogP contribution in [0.15, 0.2) is 54.9 Å². The van der Waals surface area contributed by atoms with E-state index < -0.39 is 0 Å². The Labute approximate surface area is 158 Å². The van der Waals surface area contributed by atoms with Crippen LogP contribution >= 0.6 is 22.9 Å². The van der Waals surface area contributed by atoms with Crippen LogP contribution in [0.2, 0.25) is 5.15 Å². The van der Waals surface area contributed by atoms with Crippen molar-refractivity contribution in [2.24, 2.45) is 0 Å². The van der Waals surface area contributed by atoms with Gasteiger partial charge in [0.2, 0.25) is 0 Å². The Kier molecular flexibility index (Phi) is 4.36. The number of halogens is 1. The van der Waals surface area contributed by atoms with E-state index in [0.717, 1.165) is 26.5 Å². The Morgan fingerprint density at radius 1 is 1.12 bits per heavy atom. The highest BCUT2D eigenvalue weighted by atomic mass is 35.5. The molecule has 4 rings (SSSR count). The lowest BCUT2D eigenvalue weighted by Crippen LogP contribution is -2.13. The number of hydrogen-bond acceptors (Lipinski definition) is 5. The van der Waals surface area contributed by atoms with E-state index in [2.05, 4.69) is 20.3 Å². The van der Waals surface area contributed by atoms with Gasteiger partial charge in [-0.2, -0.15) is 0 Å². The first kappa shape index (κ1) is 16.6. The summed E-state index contributed by atoms with van der Waals surface area (Å²) < 4.78 is 0. The number of carbonyl (C=O) groups excluding carboxylic acids is 1. The third-order valence-corrected chi connectivity index (χ3v) is 5.23. The Morgan fingerprint density at radius 3 is 2.73 bits per heavy atom. The maximum absolute atomic E-state index is 12.5. The topological polar surface area (TPSA) is 67.8 Å². The van der Waals surface area contributed by atoms with Crippen LogP contribution in [0.4, 0.5) is 5.69 Å². The summed E-state index contributed by atoms with van der Waals surface area (Å²) in [6.07, 6.45) is 3.30. The summed E-state index contributed by atoms with van der Waals surface area (Å²) in [6, 6.07) is 13.0. The Balaban J connectivity index is 1.68. The van der Waals surface area contributed by atoms with Gasteiger partial charge in [-0.3, -0.25) is 4.79 Å². The predicted molar refractivity (Wildman–Crippen MR) is 105 cm³/mol. The number of aryl methyl sites for hydroxylation is 1. The first-order valence-electron chi connectivity index (χ1n) is 7.86. The summed E-state index contributed by atoms with van der Waals surface area (Å²) in [5.74, 6) is -0.297. The third kappa shape index (κ3) is 3.16. The fourth-order valence-corrected chi connectivity index (χ4v) is 3.64. The minimum atomic E-state index is -0.297. The standard InChI is InChI=1S/C19H13ClN4OS/c1-11-6-7-12(18-24-14-5-3-9-22-19(14)26-18)10-15(11)23-17(25)13-4-2-8-21-16(13)20/h2-10H,1H3,(H,23,25). The molecule has 1 amide bonds. The van der Waals surface area contributed by atoms with Crippen molar-refractivity contribution in [2.75, 3.05) is 5.32 Å². The maximum Gasteiger partial charge on any atom is 0.258 e. The van der Waals surface area contributed by atoms with Crippen LogP contribution in [0.25, 0.3) is 20.9 Å². The molecule has 7 heteroatoms. The number of nitrogens with one attached hydrogen (secondary N) is 1. The van der Waals surface area contributed by atoms with E-state index >= 15 is 0 Å². The van der Waals surface area contributed by atoms with E-state index in [1.165, 1.54) is 11.3 Å². The molecule has 0 saturated heterocycles. The molecule has 1 N–H and O–H groups in total. The van der Waals surface area contributed by atoms with Crippen molar-refractivity contribution in [3.8, 4) is 10.6 Å².